The molecule has 21 heavy (non-hydrogen) atoms. The fourth-order valence-corrected chi connectivity index (χ4v) is 2.07. The highest BCUT2D eigenvalue weighted by molar-refractivity contribution is 5.83. The average molecular weight is 298 g/mol. The Morgan fingerprint density at radius 2 is 2.24 bits per heavy atom. The van der Waals surface area contributed by atoms with Crippen molar-refractivity contribution >= 4 is 12.0 Å². The number of urea groups is 1. The van der Waals surface area contributed by atoms with E-state index in [1.165, 1.54) is 15.8 Å². The van der Waals surface area contributed by atoms with Crippen LogP contribution in [-0.4, -0.2) is 58.1 Å². The fraction of sp³-hybridized carbons (Fsp3) is 0.615. The van der Waals surface area contributed by atoms with E-state index in [0.29, 0.717) is 18.7 Å². The molecule has 2 amide bonds. The molecule has 8 nitrogen and oxygen atoms in total. The van der Waals surface area contributed by atoms with Gasteiger partial charge in [-0.25, -0.2) is 9.59 Å². The maximum absolute atomic E-state index is 12.3. The number of rotatable bonds is 7. The molecule has 0 aliphatic rings. The number of likely N-dealkylation sites (N-methyl/N-ethyl adjacent to an activating group) is 1. The minimum atomic E-state index is -1.13. The van der Waals surface area contributed by atoms with Crippen LogP contribution in [-0.2, 0) is 16.6 Å². The first-order valence-electron chi connectivity index (χ1n) is 6.68. The molecule has 2 N–H and O–H groups in total. The third kappa shape index (κ3) is 4.45. The van der Waals surface area contributed by atoms with Crippen LogP contribution >= 0.6 is 0 Å². The van der Waals surface area contributed by atoms with Gasteiger partial charge in [-0.15, -0.1) is 0 Å². The van der Waals surface area contributed by atoms with Gasteiger partial charge in [-0.1, -0.05) is 0 Å². The summed E-state index contributed by atoms with van der Waals surface area (Å²) in [6.07, 6.45) is 2.99. The number of amides is 2. The molecule has 118 valence electrons. The Labute approximate surface area is 123 Å². The van der Waals surface area contributed by atoms with Crippen molar-refractivity contribution in [1.82, 2.24) is 20.0 Å². The maximum Gasteiger partial charge on any atom is 0.331 e. The van der Waals surface area contributed by atoms with Crippen molar-refractivity contribution in [2.45, 2.75) is 25.9 Å². The van der Waals surface area contributed by atoms with Gasteiger partial charge in [0.2, 0.25) is 0 Å². The first-order valence-corrected chi connectivity index (χ1v) is 6.68. The van der Waals surface area contributed by atoms with Crippen molar-refractivity contribution in [1.29, 1.82) is 0 Å². The first-order chi connectivity index (χ1) is 9.90. The number of aryl methyl sites for hydroxylation is 1. The normalized spacial score (nSPS) is 13.5. The Morgan fingerprint density at radius 3 is 2.67 bits per heavy atom. The highest BCUT2D eigenvalue weighted by atomic mass is 16.5. The molecular weight excluding hydrogens is 276 g/mol. The summed E-state index contributed by atoms with van der Waals surface area (Å²) >= 11 is 0. The molecule has 0 saturated carbocycles. The Hall–Kier alpha value is -2.09. The highest BCUT2D eigenvalue weighted by Gasteiger charge is 2.27. The number of aliphatic carboxylic acids is 1. The summed E-state index contributed by atoms with van der Waals surface area (Å²) < 4.78 is 6.51. The predicted molar refractivity (Wildman–Crippen MR) is 75.8 cm³/mol. The van der Waals surface area contributed by atoms with Crippen LogP contribution in [0.15, 0.2) is 12.4 Å². The van der Waals surface area contributed by atoms with Crippen molar-refractivity contribution < 1.29 is 19.4 Å². The van der Waals surface area contributed by atoms with E-state index in [9.17, 15) is 14.7 Å². The van der Waals surface area contributed by atoms with E-state index < -0.39 is 18.0 Å². The van der Waals surface area contributed by atoms with E-state index in [1.807, 2.05) is 13.8 Å². The van der Waals surface area contributed by atoms with E-state index in [4.69, 9.17) is 4.74 Å². The molecule has 1 aromatic heterocycles. The summed E-state index contributed by atoms with van der Waals surface area (Å²) in [5, 5.41) is 15.7. The molecule has 0 radical (unpaired) electrons. The monoisotopic (exact) mass is 298 g/mol. The molecule has 0 spiro atoms. The second-order valence-corrected chi connectivity index (χ2v) is 4.76. The van der Waals surface area contributed by atoms with Gasteiger partial charge in [-0.2, -0.15) is 5.10 Å². The number of methoxy groups -OCH3 is 1. The standard InChI is InChI=1S/C13H22N4O4/c1-5-17(9(2)8-21-4)13(20)15-11(12(18)19)10-6-14-16(3)7-10/h6-7,9,11H,5,8H2,1-4H3,(H,15,20)(H,18,19). The number of aromatic nitrogens is 2. The summed E-state index contributed by atoms with van der Waals surface area (Å²) in [5.41, 5.74) is 0.425. The van der Waals surface area contributed by atoms with Crippen LogP contribution in [0, 0.1) is 0 Å². The topological polar surface area (TPSA) is 96.7 Å². The molecular formula is C13H22N4O4. The second-order valence-electron chi connectivity index (χ2n) is 4.76. The Kier molecular flexibility index (Phi) is 6.16. The van der Waals surface area contributed by atoms with E-state index >= 15 is 0 Å². The van der Waals surface area contributed by atoms with Gasteiger partial charge >= 0.3 is 12.0 Å². The van der Waals surface area contributed by atoms with Crippen molar-refractivity contribution in [2.75, 3.05) is 20.3 Å². The van der Waals surface area contributed by atoms with Gasteiger partial charge in [0.05, 0.1) is 18.8 Å². The minimum absolute atomic E-state index is 0.150. The van der Waals surface area contributed by atoms with E-state index in [-0.39, 0.29) is 6.04 Å². The largest absolute Gasteiger partial charge is 0.479 e. The fourth-order valence-electron chi connectivity index (χ4n) is 2.07. The molecule has 2 atom stereocenters. The summed E-state index contributed by atoms with van der Waals surface area (Å²) in [6.45, 7) is 4.50. The predicted octanol–water partition coefficient (Wildman–Crippen LogP) is 0.612. The smallest absolute Gasteiger partial charge is 0.331 e. The molecule has 0 bridgehead atoms. The lowest BCUT2D eigenvalue weighted by Crippen LogP contribution is -2.48. The summed E-state index contributed by atoms with van der Waals surface area (Å²) in [5.74, 6) is -1.13. The van der Waals surface area contributed by atoms with Crippen LogP contribution in [0.25, 0.3) is 0 Å². The average Bonchev–Trinajstić information content (AvgIpc) is 2.83. The Bertz CT molecular complexity index is 488. The third-order valence-electron chi connectivity index (χ3n) is 3.11. The number of hydrogen-bond acceptors (Lipinski definition) is 4. The van der Waals surface area contributed by atoms with Crippen molar-refractivity contribution in [2.24, 2.45) is 7.05 Å². The lowest BCUT2D eigenvalue weighted by atomic mass is 10.1. The molecule has 2 unspecified atom stereocenters. The number of nitrogens with zero attached hydrogens (tertiary/aromatic N) is 3. The number of carbonyl (C=O) groups excluding carboxylic acids is 1. The quantitative estimate of drug-likeness (QED) is 0.769. The molecule has 1 aromatic rings. The number of nitrogens with one attached hydrogen (secondary N) is 1. The number of ether oxygens (including phenoxy) is 1. The van der Waals surface area contributed by atoms with Gasteiger partial charge in [0, 0.05) is 32.5 Å². The van der Waals surface area contributed by atoms with Crippen LogP contribution in [0.2, 0.25) is 0 Å². The first kappa shape index (κ1) is 17.0. The molecule has 1 heterocycles. The zero-order valence-corrected chi connectivity index (χ0v) is 12.7. The number of carboxylic acids is 1. The van der Waals surface area contributed by atoms with Crippen LogP contribution in [0.3, 0.4) is 0 Å². The molecule has 0 aliphatic carbocycles. The minimum Gasteiger partial charge on any atom is -0.479 e. The van der Waals surface area contributed by atoms with Gasteiger partial charge in [0.1, 0.15) is 0 Å². The maximum atomic E-state index is 12.3. The van der Waals surface area contributed by atoms with Crippen LogP contribution in [0.4, 0.5) is 4.79 Å². The molecule has 0 saturated heterocycles. The second kappa shape index (κ2) is 7.63. The number of hydrogen-bond donors (Lipinski definition) is 2. The molecule has 0 aliphatic heterocycles. The zero-order chi connectivity index (χ0) is 16.0. The lowest BCUT2D eigenvalue weighted by Gasteiger charge is -2.29. The number of carboxylic acid groups (broad SMARTS) is 1. The van der Waals surface area contributed by atoms with Crippen molar-refractivity contribution in [3.63, 3.8) is 0 Å². The molecule has 8 heteroatoms. The Morgan fingerprint density at radius 1 is 1.57 bits per heavy atom. The molecule has 1 rings (SSSR count). The third-order valence-corrected chi connectivity index (χ3v) is 3.11. The van der Waals surface area contributed by atoms with E-state index in [0.717, 1.165) is 0 Å². The van der Waals surface area contributed by atoms with Crippen LogP contribution in [0.1, 0.15) is 25.5 Å². The summed E-state index contributed by atoms with van der Waals surface area (Å²) in [4.78, 5) is 25.1. The van der Waals surface area contributed by atoms with Gasteiger partial charge < -0.3 is 20.1 Å². The van der Waals surface area contributed by atoms with Crippen LogP contribution < -0.4 is 5.32 Å². The van der Waals surface area contributed by atoms with Gasteiger partial charge in [-0.3, -0.25) is 4.68 Å². The number of carbonyl (C=O) groups is 2. The SMILES string of the molecule is CCN(C(=O)NC(C(=O)O)c1cnn(C)c1)C(C)COC. The van der Waals surface area contributed by atoms with E-state index in [1.54, 1.807) is 20.4 Å². The molecule has 0 aromatic carbocycles. The zero-order valence-electron chi connectivity index (χ0n) is 12.7. The molecule has 0 fully saturated rings. The van der Waals surface area contributed by atoms with Gasteiger partial charge in [0.25, 0.3) is 0 Å². The van der Waals surface area contributed by atoms with Gasteiger partial charge in [-0.05, 0) is 13.8 Å². The summed E-state index contributed by atoms with van der Waals surface area (Å²) in [6, 6.07) is -1.73. The van der Waals surface area contributed by atoms with E-state index in [2.05, 4.69) is 10.4 Å². The lowest BCUT2D eigenvalue weighted by molar-refractivity contribution is -0.139. The van der Waals surface area contributed by atoms with Crippen molar-refractivity contribution in [3.05, 3.63) is 18.0 Å². The van der Waals surface area contributed by atoms with Crippen LogP contribution in [0.5, 0.6) is 0 Å². The van der Waals surface area contributed by atoms with Gasteiger partial charge in [0.15, 0.2) is 6.04 Å². The van der Waals surface area contributed by atoms with Crippen molar-refractivity contribution in [3.8, 4) is 0 Å². The highest BCUT2D eigenvalue weighted by Crippen LogP contribution is 2.13. The summed E-state index contributed by atoms with van der Waals surface area (Å²) in [7, 11) is 3.24. The Balaban J connectivity index is 2.83.